The Morgan fingerprint density at radius 1 is 0.938 bits per heavy atom. The molecule has 0 radical (unpaired) electrons. The lowest BCUT2D eigenvalue weighted by molar-refractivity contribution is 0.0694. The number of aromatic amines is 1. The van der Waals surface area contributed by atoms with Crippen LogP contribution in [0.2, 0.25) is 0 Å². The van der Waals surface area contributed by atoms with Crippen molar-refractivity contribution >= 4 is 27.0 Å². The van der Waals surface area contributed by atoms with Gasteiger partial charge in [0.25, 0.3) is 5.91 Å². The van der Waals surface area contributed by atoms with Crippen molar-refractivity contribution in [2.24, 2.45) is 0 Å². The number of rotatable bonds is 4. The minimum Gasteiger partial charge on any atom is -0.338 e. The molecule has 2 aliphatic heterocycles. The number of fused-ring (bicyclic) bond motifs is 1. The van der Waals surface area contributed by atoms with E-state index in [9.17, 15) is 18.0 Å². The highest BCUT2D eigenvalue weighted by molar-refractivity contribution is 7.89. The molecule has 2 fully saturated rings. The predicted octanol–water partition coefficient (Wildman–Crippen LogP) is 2.59. The van der Waals surface area contributed by atoms with Crippen LogP contribution in [0.4, 0.5) is 0 Å². The number of aromatic nitrogens is 2. The molecule has 0 aliphatic carbocycles. The first kappa shape index (κ1) is 21.0. The second kappa shape index (κ2) is 8.22. The highest BCUT2D eigenvalue weighted by Crippen LogP contribution is 2.27. The van der Waals surface area contributed by atoms with Gasteiger partial charge in [-0.15, -0.1) is 0 Å². The number of H-pyrrole nitrogens is 1. The summed E-state index contributed by atoms with van der Waals surface area (Å²) in [5.41, 5.74) is 1.94. The molecular weight excluding hydrogens is 428 g/mol. The molecule has 8 nitrogen and oxygen atoms in total. The largest absolute Gasteiger partial charge is 0.338 e. The van der Waals surface area contributed by atoms with E-state index in [1.54, 1.807) is 27.7 Å². The predicted molar refractivity (Wildman–Crippen MR) is 121 cm³/mol. The fraction of sp³-hybridized carbons (Fsp3) is 0.391. The van der Waals surface area contributed by atoms with Gasteiger partial charge < -0.3 is 9.88 Å². The number of para-hydroxylation sites is 2. The lowest BCUT2D eigenvalue weighted by Crippen LogP contribution is -2.40. The lowest BCUT2D eigenvalue weighted by atomic mass is 10.0. The Morgan fingerprint density at radius 2 is 1.66 bits per heavy atom. The maximum atomic E-state index is 13.1. The van der Waals surface area contributed by atoms with Crippen molar-refractivity contribution in [2.45, 2.75) is 36.6 Å². The lowest BCUT2D eigenvalue weighted by Gasteiger charge is -2.32. The van der Waals surface area contributed by atoms with Gasteiger partial charge in [0, 0.05) is 37.8 Å². The minimum absolute atomic E-state index is 0.0181. The van der Waals surface area contributed by atoms with E-state index in [4.69, 9.17) is 0 Å². The number of imidazole rings is 1. The number of sulfonamides is 1. The van der Waals surface area contributed by atoms with Gasteiger partial charge in [0.2, 0.25) is 10.0 Å². The summed E-state index contributed by atoms with van der Waals surface area (Å²) in [6, 6.07) is 14.0. The second-order valence-corrected chi connectivity index (χ2v) is 10.4. The van der Waals surface area contributed by atoms with Crippen LogP contribution in [0.1, 0.15) is 42.1 Å². The molecule has 0 atom stereocenters. The first-order chi connectivity index (χ1) is 15.4. The molecule has 9 heteroatoms. The molecular formula is C23H26N4O4S. The number of nitrogens with one attached hydrogen (secondary N) is 1. The van der Waals surface area contributed by atoms with Crippen LogP contribution in [0.25, 0.3) is 11.0 Å². The van der Waals surface area contributed by atoms with E-state index in [-0.39, 0.29) is 22.5 Å². The van der Waals surface area contributed by atoms with Crippen molar-refractivity contribution in [3.63, 3.8) is 0 Å². The van der Waals surface area contributed by atoms with Crippen LogP contribution in [-0.2, 0) is 10.0 Å². The zero-order chi connectivity index (χ0) is 22.3. The third kappa shape index (κ3) is 3.65. The van der Waals surface area contributed by atoms with Gasteiger partial charge in [-0.3, -0.25) is 9.36 Å². The third-order valence-corrected chi connectivity index (χ3v) is 8.42. The van der Waals surface area contributed by atoms with Gasteiger partial charge in [-0.25, -0.2) is 13.2 Å². The molecule has 1 N–H and O–H groups in total. The number of nitrogens with zero attached hydrogens (tertiary/aromatic N) is 3. The number of amides is 1. The van der Waals surface area contributed by atoms with Crippen LogP contribution in [0.15, 0.2) is 58.2 Å². The van der Waals surface area contributed by atoms with Gasteiger partial charge in [0.05, 0.1) is 15.9 Å². The van der Waals surface area contributed by atoms with E-state index >= 15 is 0 Å². The Morgan fingerprint density at radius 3 is 2.41 bits per heavy atom. The minimum atomic E-state index is -3.57. The Bertz CT molecular complexity index is 1310. The molecule has 0 saturated carbocycles. The third-order valence-electron chi connectivity index (χ3n) is 6.52. The number of likely N-dealkylation sites (tertiary alicyclic amines) is 1. The molecule has 2 saturated heterocycles. The molecule has 1 amide bonds. The van der Waals surface area contributed by atoms with E-state index < -0.39 is 10.0 Å². The quantitative estimate of drug-likeness (QED) is 0.656. The van der Waals surface area contributed by atoms with Gasteiger partial charge in [-0.2, -0.15) is 4.31 Å². The Balaban J connectivity index is 1.32. The Hall–Kier alpha value is -2.91. The van der Waals surface area contributed by atoms with Gasteiger partial charge in [-0.05, 0) is 56.0 Å². The van der Waals surface area contributed by atoms with E-state index in [0.29, 0.717) is 44.6 Å². The average Bonchev–Trinajstić information content (AvgIpc) is 3.47. The topological polar surface area (TPSA) is 95.5 Å². The van der Waals surface area contributed by atoms with E-state index in [1.807, 2.05) is 24.3 Å². The maximum Gasteiger partial charge on any atom is 0.326 e. The number of carbonyl (C=O) groups is 1. The van der Waals surface area contributed by atoms with Crippen molar-refractivity contribution in [2.75, 3.05) is 26.2 Å². The van der Waals surface area contributed by atoms with Crippen molar-refractivity contribution in [3.05, 3.63) is 64.6 Å². The molecule has 0 spiro atoms. The first-order valence-electron chi connectivity index (χ1n) is 11.0. The summed E-state index contributed by atoms with van der Waals surface area (Å²) in [6.07, 6.45) is 3.07. The second-order valence-electron chi connectivity index (χ2n) is 8.48. The summed E-state index contributed by atoms with van der Waals surface area (Å²) < 4.78 is 29.0. The van der Waals surface area contributed by atoms with Gasteiger partial charge >= 0.3 is 5.69 Å². The summed E-state index contributed by atoms with van der Waals surface area (Å²) in [5.74, 6) is -0.173. The number of carbonyl (C=O) groups excluding carboxylic acids is 1. The number of benzene rings is 2. The highest BCUT2D eigenvalue weighted by atomic mass is 32.2. The smallest absolute Gasteiger partial charge is 0.326 e. The van der Waals surface area contributed by atoms with Crippen molar-refractivity contribution in [3.8, 4) is 0 Å². The SMILES string of the molecule is O=C(c1cccc(S(=O)(=O)N2CCCC2)c1)N1CCC(n2c(=O)[nH]c3ccccc32)CC1. The van der Waals surface area contributed by atoms with E-state index in [1.165, 1.54) is 10.4 Å². The van der Waals surface area contributed by atoms with Crippen LogP contribution in [0.5, 0.6) is 0 Å². The molecule has 32 heavy (non-hydrogen) atoms. The van der Waals surface area contributed by atoms with E-state index in [2.05, 4.69) is 4.98 Å². The first-order valence-corrected chi connectivity index (χ1v) is 12.5. The molecule has 1 aromatic heterocycles. The van der Waals surface area contributed by atoms with Crippen LogP contribution in [0, 0.1) is 0 Å². The van der Waals surface area contributed by atoms with Gasteiger partial charge in [0.15, 0.2) is 0 Å². The molecule has 3 heterocycles. The molecule has 5 rings (SSSR count). The fourth-order valence-electron chi connectivity index (χ4n) is 4.81. The summed E-state index contributed by atoms with van der Waals surface area (Å²) in [4.78, 5) is 30.4. The maximum absolute atomic E-state index is 13.1. The molecule has 168 valence electrons. The number of piperidine rings is 1. The van der Waals surface area contributed by atoms with Crippen molar-refractivity contribution < 1.29 is 13.2 Å². The van der Waals surface area contributed by atoms with Crippen molar-refractivity contribution in [1.82, 2.24) is 18.8 Å². The van der Waals surface area contributed by atoms with Crippen molar-refractivity contribution in [1.29, 1.82) is 0 Å². The molecule has 0 unspecified atom stereocenters. The zero-order valence-electron chi connectivity index (χ0n) is 17.7. The van der Waals surface area contributed by atoms with Gasteiger partial charge in [-0.1, -0.05) is 18.2 Å². The Kier molecular flexibility index (Phi) is 5.38. The summed E-state index contributed by atoms with van der Waals surface area (Å²) in [7, 11) is -3.57. The monoisotopic (exact) mass is 454 g/mol. The summed E-state index contributed by atoms with van der Waals surface area (Å²) in [6.45, 7) is 2.08. The Labute approximate surface area is 186 Å². The highest BCUT2D eigenvalue weighted by Gasteiger charge is 2.30. The molecule has 3 aromatic rings. The standard InChI is InChI=1S/C23H26N4O4S/c28-22(17-6-5-7-19(16-17)32(30,31)26-12-3-4-13-26)25-14-10-18(11-15-25)27-21-9-2-1-8-20(21)24-23(27)29/h1-2,5-9,16,18H,3-4,10-15H2,(H,24,29). The van der Waals surface area contributed by atoms with Crippen LogP contribution >= 0.6 is 0 Å². The van der Waals surface area contributed by atoms with E-state index in [0.717, 1.165) is 23.9 Å². The van der Waals surface area contributed by atoms with Crippen LogP contribution in [0.3, 0.4) is 0 Å². The summed E-state index contributed by atoms with van der Waals surface area (Å²) >= 11 is 0. The number of hydrogen-bond acceptors (Lipinski definition) is 4. The van der Waals surface area contributed by atoms with Gasteiger partial charge in [0.1, 0.15) is 0 Å². The fourth-order valence-corrected chi connectivity index (χ4v) is 6.38. The molecule has 2 aromatic carbocycles. The zero-order valence-corrected chi connectivity index (χ0v) is 18.6. The average molecular weight is 455 g/mol. The van der Waals surface area contributed by atoms with Crippen LogP contribution < -0.4 is 5.69 Å². The summed E-state index contributed by atoms with van der Waals surface area (Å²) in [5, 5.41) is 0. The molecule has 2 aliphatic rings. The van der Waals surface area contributed by atoms with Crippen LogP contribution in [-0.4, -0.2) is 59.3 Å². The molecule has 0 bridgehead atoms. The normalized spacial score (nSPS) is 18.4. The number of hydrogen-bond donors (Lipinski definition) is 1.